The standard InChI is InChI=1S/C9H15N3O2S/c1-3-6-12(2)15(13,14)8-4-5-11-9(10)7-8/h4-5,7H,3,6H2,1-2H3,(H2,10,11). The Morgan fingerprint density at radius 2 is 2.20 bits per heavy atom. The van der Waals surface area contributed by atoms with Gasteiger partial charge in [-0.25, -0.2) is 17.7 Å². The molecule has 0 radical (unpaired) electrons. The zero-order valence-electron chi connectivity index (χ0n) is 8.84. The summed E-state index contributed by atoms with van der Waals surface area (Å²) in [6.45, 7) is 2.41. The van der Waals surface area contributed by atoms with Crippen LogP contribution >= 0.6 is 0 Å². The third-order valence-electron chi connectivity index (χ3n) is 2.00. The SMILES string of the molecule is CCCN(C)S(=O)(=O)c1ccnc(N)c1. The second kappa shape index (κ2) is 4.59. The molecular weight excluding hydrogens is 214 g/mol. The van der Waals surface area contributed by atoms with Crippen molar-refractivity contribution < 1.29 is 8.42 Å². The van der Waals surface area contributed by atoms with Crippen LogP contribution in [0.25, 0.3) is 0 Å². The van der Waals surface area contributed by atoms with Crippen LogP contribution in [0.2, 0.25) is 0 Å². The van der Waals surface area contributed by atoms with Crippen molar-refractivity contribution in [3.05, 3.63) is 18.3 Å². The molecule has 1 rings (SSSR count). The van der Waals surface area contributed by atoms with E-state index in [4.69, 9.17) is 5.73 Å². The first-order valence-electron chi connectivity index (χ1n) is 4.66. The summed E-state index contributed by atoms with van der Waals surface area (Å²) in [7, 11) is -1.86. The fraction of sp³-hybridized carbons (Fsp3) is 0.444. The number of nitrogen functional groups attached to an aromatic ring is 1. The third kappa shape index (κ3) is 2.66. The van der Waals surface area contributed by atoms with Gasteiger partial charge >= 0.3 is 0 Å². The number of nitrogens with two attached hydrogens (primary N) is 1. The number of pyridine rings is 1. The lowest BCUT2D eigenvalue weighted by Crippen LogP contribution is -2.27. The van der Waals surface area contributed by atoms with E-state index in [0.717, 1.165) is 6.42 Å². The van der Waals surface area contributed by atoms with Crippen molar-refractivity contribution in [3.8, 4) is 0 Å². The summed E-state index contributed by atoms with van der Waals surface area (Å²) in [5.74, 6) is 0.209. The van der Waals surface area contributed by atoms with Crippen LogP contribution in [0.3, 0.4) is 0 Å². The van der Waals surface area contributed by atoms with Crippen LogP contribution in [0, 0.1) is 0 Å². The Labute approximate surface area is 90.0 Å². The van der Waals surface area contributed by atoms with Crippen molar-refractivity contribution >= 4 is 15.8 Å². The average Bonchev–Trinajstić information content (AvgIpc) is 2.18. The number of anilines is 1. The first kappa shape index (κ1) is 11.9. The quantitative estimate of drug-likeness (QED) is 0.824. The van der Waals surface area contributed by atoms with Gasteiger partial charge in [0.2, 0.25) is 10.0 Å². The molecule has 0 unspecified atom stereocenters. The van der Waals surface area contributed by atoms with Crippen LogP contribution in [-0.4, -0.2) is 31.3 Å². The third-order valence-corrected chi connectivity index (χ3v) is 3.85. The minimum atomic E-state index is -3.41. The Balaban J connectivity index is 3.06. The Morgan fingerprint density at radius 1 is 1.53 bits per heavy atom. The highest BCUT2D eigenvalue weighted by Gasteiger charge is 2.19. The Kier molecular flexibility index (Phi) is 3.65. The molecule has 0 aliphatic carbocycles. The van der Waals surface area contributed by atoms with E-state index in [0.29, 0.717) is 6.54 Å². The molecule has 0 spiro atoms. The molecule has 5 nitrogen and oxygen atoms in total. The number of rotatable bonds is 4. The smallest absolute Gasteiger partial charge is 0.243 e. The number of aromatic nitrogens is 1. The monoisotopic (exact) mass is 229 g/mol. The lowest BCUT2D eigenvalue weighted by Gasteiger charge is -2.15. The van der Waals surface area contributed by atoms with Gasteiger partial charge in [-0.15, -0.1) is 0 Å². The van der Waals surface area contributed by atoms with Crippen LogP contribution in [0.4, 0.5) is 5.82 Å². The molecule has 0 saturated heterocycles. The molecule has 0 amide bonds. The highest BCUT2D eigenvalue weighted by Crippen LogP contribution is 2.15. The zero-order chi connectivity index (χ0) is 11.5. The first-order valence-corrected chi connectivity index (χ1v) is 6.10. The van der Waals surface area contributed by atoms with Gasteiger partial charge in [-0.1, -0.05) is 6.92 Å². The predicted molar refractivity (Wildman–Crippen MR) is 58.8 cm³/mol. The van der Waals surface area contributed by atoms with Gasteiger partial charge in [0.15, 0.2) is 0 Å². The molecule has 1 aromatic heterocycles. The molecule has 15 heavy (non-hydrogen) atoms. The second-order valence-corrected chi connectivity index (χ2v) is 5.29. The molecule has 1 aromatic rings. The Bertz CT molecular complexity index is 431. The molecule has 2 N–H and O–H groups in total. The Hall–Kier alpha value is -1.14. The molecule has 0 aliphatic rings. The van der Waals surface area contributed by atoms with Gasteiger partial charge in [0.1, 0.15) is 5.82 Å². The summed E-state index contributed by atoms with van der Waals surface area (Å²) >= 11 is 0. The molecular formula is C9H15N3O2S. The first-order chi connectivity index (χ1) is 6.98. The molecule has 0 saturated carbocycles. The van der Waals surface area contributed by atoms with Crippen LogP contribution in [0.15, 0.2) is 23.2 Å². The molecule has 0 fully saturated rings. The van der Waals surface area contributed by atoms with Crippen molar-refractivity contribution in [1.82, 2.24) is 9.29 Å². The fourth-order valence-electron chi connectivity index (χ4n) is 1.20. The van der Waals surface area contributed by atoms with Gasteiger partial charge in [-0.05, 0) is 12.5 Å². The van der Waals surface area contributed by atoms with Gasteiger partial charge in [-0.2, -0.15) is 0 Å². The maximum absolute atomic E-state index is 11.9. The zero-order valence-corrected chi connectivity index (χ0v) is 9.66. The van der Waals surface area contributed by atoms with E-state index in [1.807, 2.05) is 6.92 Å². The number of sulfonamides is 1. The molecule has 84 valence electrons. The van der Waals surface area contributed by atoms with E-state index in [-0.39, 0.29) is 10.7 Å². The highest BCUT2D eigenvalue weighted by atomic mass is 32.2. The summed E-state index contributed by atoms with van der Waals surface area (Å²) in [5, 5.41) is 0. The van der Waals surface area contributed by atoms with E-state index in [2.05, 4.69) is 4.98 Å². The molecule has 0 aliphatic heterocycles. The number of nitrogens with zero attached hydrogens (tertiary/aromatic N) is 2. The molecule has 0 bridgehead atoms. The van der Waals surface area contributed by atoms with Crippen molar-refractivity contribution in [3.63, 3.8) is 0 Å². The lowest BCUT2D eigenvalue weighted by atomic mass is 10.5. The molecule has 0 aromatic carbocycles. The fourth-order valence-corrected chi connectivity index (χ4v) is 2.49. The van der Waals surface area contributed by atoms with E-state index < -0.39 is 10.0 Å². The van der Waals surface area contributed by atoms with Crippen molar-refractivity contribution in [1.29, 1.82) is 0 Å². The molecule has 0 atom stereocenters. The summed E-state index contributed by atoms with van der Waals surface area (Å²) in [6, 6.07) is 2.80. The van der Waals surface area contributed by atoms with Crippen LogP contribution < -0.4 is 5.73 Å². The van der Waals surface area contributed by atoms with Crippen LogP contribution in [0.1, 0.15) is 13.3 Å². The number of hydrogen-bond acceptors (Lipinski definition) is 4. The van der Waals surface area contributed by atoms with E-state index in [9.17, 15) is 8.42 Å². The second-order valence-electron chi connectivity index (χ2n) is 3.24. The van der Waals surface area contributed by atoms with Gasteiger partial charge in [-0.3, -0.25) is 0 Å². The van der Waals surface area contributed by atoms with Crippen molar-refractivity contribution in [2.75, 3.05) is 19.3 Å². The van der Waals surface area contributed by atoms with Gasteiger partial charge in [0.05, 0.1) is 4.90 Å². The molecule has 6 heteroatoms. The van der Waals surface area contributed by atoms with Crippen molar-refractivity contribution in [2.24, 2.45) is 0 Å². The minimum absolute atomic E-state index is 0.186. The lowest BCUT2D eigenvalue weighted by molar-refractivity contribution is 0.468. The highest BCUT2D eigenvalue weighted by molar-refractivity contribution is 7.89. The predicted octanol–water partition coefficient (Wildman–Crippen LogP) is 0.694. The average molecular weight is 229 g/mol. The van der Waals surface area contributed by atoms with Gasteiger partial charge < -0.3 is 5.73 Å². The van der Waals surface area contributed by atoms with E-state index in [1.54, 1.807) is 7.05 Å². The molecule has 1 heterocycles. The summed E-state index contributed by atoms with van der Waals surface area (Å²) in [4.78, 5) is 3.94. The number of hydrogen-bond donors (Lipinski definition) is 1. The van der Waals surface area contributed by atoms with E-state index >= 15 is 0 Å². The summed E-state index contributed by atoms with van der Waals surface area (Å²) < 4.78 is 25.1. The summed E-state index contributed by atoms with van der Waals surface area (Å²) in [6.07, 6.45) is 2.16. The maximum Gasteiger partial charge on any atom is 0.243 e. The largest absolute Gasteiger partial charge is 0.384 e. The Morgan fingerprint density at radius 3 is 2.73 bits per heavy atom. The van der Waals surface area contributed by atoms with Crippen LogP contribution in [0.5, 0.6) is 0 Å². The van der Waals surface area contributed by atoms with E-state index in [1.165, 1.54) is 22.6 Å². The van der Waals surface area contributed by atoms with Crippen molar-refractivity contribution in [2.45, 2.75) is 18.2 Å². The van der Waals surface area contributed by atoms with Gasteiger partial charge in [0, 0.05) is 25.9 Å². The topological polar surface area (TPSA) is 76.3 Å². The maximum atomic E-state index is 11.9. The minimum Gasteiger partial charge on any atom is -0.384 e. The summed E-state index contributed by atoms with van der Waals surface area (Å²) in [5.41, 5.74) is 5.44. The van der Waals surface area contributed by atoms with Gasteiger partial charge in [0.25, 0.3) is 0 Å². The van der Waals surface area contributed by atoms with Crippen LogP contribution in [-0.2, 0) is 10.0 Å². The normalized spacial score (nSPS) is 11.9.